The Morgan fingerprint density at radius 1 is 1.56 bits per heavy atom. The molecule has 0 radical (unpaired) electrons. The second-order valence-electron chi connectivity index (χ2n) is 4.71. The van der Waals surface area contributed by atoms with Gasteiger partial charge in [0.05, 0.1) is 6.10 Å². The Hall–Kier alpha value is -1.56. The number of hydrogen-bond acceptors (Lipinski definition) is 3. The zero-order valence-corrected chi connectivity index (χ0v) is 10.7. The van der Waals surface area contributed by atoms with E-state index in [-0.39, 0.29) is 25.0 Å². The van der Waals surface area contributed by atoms with Crippen molar-refractivity contribution in [2.75, 3.05) is 13.1 Å². The molecule has 0 bridgehead atoms. The van der Waals surface area contributed by atoms with E-state index in [1.54, 1.807) is 6.08 Å². The average molecular weight is 256 g/mol. The zero-order chi connectivity index (χ0) is 13.9. The molecule has 1 fully saturated rings. The van der Waals surface area contributed by atoms with Crippen molar-refractivity contribution in [1.82, 2.24) is 9.80 Å². The van der Waals surface area contributed by atoms with Crippen LogP contribution < -0.4 is 0 Å². The number of aliphatic hydroxyl groups is 1. The maximum Gasteiger partial charge on any atom is 0.326 e. The number of carboxylic acids is 1. The standard InChI is InChI=1S/C12H20N2O4/c1-4-5-13(8(2)3)12(18)14-7-9(15)6-10(14)11(16)17/h4,8-10,15H,1,5-7H2,2-3H3,(H,16,17). The molecule has 1 heterocycles. The minimum absolute atomic E-state index is 0.0531. The van der Waals surface area contributed by atoms with Crippen molar-refractivity contribution in [3.63, 3.8) is 0 Å². The van der Waals surface area contributed by atoms with Crippen molar-refractivity contribution in [3.05, 3.63) is 12.7 Å². The van der Waals surface area contributed by atoms with E-state index in [4.69, 9.17) is 5.11 Å². The van der Waals surface area contributed by atoms with E-state index in [9.17, 15) is 14.7 Å². The lowest BCUT2D eigenvalue weighted by atomic mass is 10.2. The van der Waals surface area contributed by atoms with Gasteiger partial charge in [0.1, 0.15) is 6.04 Å². The van der Waals surface area contributed by atoms with Gasteiger partial charge >= 0.3 is 12.0 Å². The van der Waals surface area contributed by atoms with Crippen LogP contribution in [0.2, 0.25) is 0 Å². The number of amides is 2. The largest absolute Gasteiger partial charge is 0.480 e. The maximum atomic E-state index is 12.3. The second kappa shape index (κ2) is 5.86. The van der Waals surface area contributed by atoms with Crippen molar-refractivity contribution < 1.29 is 19.8 Å². The highest BCUT2D eigenvalue weighted by Crippen LogP contribution is 2.20. The van der Waals surface area contributed by atoms with E-state index in [0.717, 1.165) is 0 Å². The molecule has 1 aliphatic rings. The molecule has 0 aromatic carbocycles. The molecule has 18 heavy (non-hydrogen) atoms. The van der Waals surface area contributed by atoms with Crippen LogP contribution in [0.25, 0.3) is 0 Å². The van der Waals surface area contributed by atoms with Crippen molar-refractivity contribution >= 4 is 12.0 Å². The molecule has 6 heteroatoms. The normalized spacial score (nSPS) is 23.2. The van der Waals surface area contributed by atoms with Crippen LogP contribution in [0, 0.1) is 0 Å². The van der Waals surface area contributed by atoms with Crippen LogP contribution in [-0.4, -0.2) is 63.3 Å². The van der Waals surface area contributed by atoms with Crippen molar-refractivity contribution in [3.8, 4) is 0 Å². The summed E-state index contributed by atoms with van der Waals surface area (Å²) in [5.74, 6) is -1.08. The van der Waals surface area contributed by atoms with Gasteiger partial charge in [0, 0.05) is 25.6 Å². The fourth-order valence-corrected chi connectivity index (χ4v) is 2.07. The third kappa shape index (κ3) is 3.01. The number of urea groups is 1. The number of β-amino-alcohol motifs (C(OH)–C–C–N with tert-alkyl or cyclic N) is 1. The minimum atomic E-state index is -1.08. The summed E-state index contributed by atoms with van der Waals surface area (Å²) in [5.41, 5.74) is 0. The second-order valence-corrected chi connectivity index (χ2v) is 4.71. The van der Waals surface area contributed by atoms with E-state index in [1.807, 2.05) is 13.8 Å². The molecule has 0 aliphatic carbocycles. The number of aliphatic carboxylic acids is 1. The molecule has 0 spiro atoms. The van der Waals surface area contributed by atoms with Gasteiger partial charge < -0.3 is 20.0 Å². The Bertz CT molecular complexity index is 343. The highest BCUT2D eigenvalue weighted by molar-refractivity contribution is 5.83. The third-order valence-corrected chi connectivity index (χ3v) is 3.00. The van der Waals surface area contributed by atoms with Crippen LogP contribution in [-0.2, 0) is 4.79 Å². The molecule has 2 N–H and O–H groups in total. The smallest absolute Gasteiger partial charge is 0.326 e. The van der Waals surface area contributed by atoms with Gasteiger partial charge in [-0.3, -0.25) is 0 Å². The van der Waals surface area contributed by atoms with Crippen LogP contribution in [0.5, 0.6) is 0 Å². The zero-order valence-electron chi connectivity index (χ0n) is 10.7. The van der Waals surface area contributed by atoms with Crippen molar-refractivity contribution in [2.45, 2.75) is 38.5 Å². The number of aliphatic hydroxyl groups excluding tert-OH is 1. The van der Waals surface area contributed by atoms with Crippen LogP contribution in [0.1, 0.15) is 20.3 Å². The van der Waals surface area contributed by atoms with Gasteiger partial charge in [-0.15, -0.1) is 6.58 Å². The lowest BCUT2D eigenvalue weighted by molar-refractivity contribution is -0.141. The predicted molar refractivity (Wildman–Crippen MR) is 66.2 cm³/mol. The Kier molecular flexibility index (Phi) is 4.72. The minimum Gasteiger partial charge on any atom is -0.480 e. The summed E-state index contributed by atoms with van der Waals surface area (Å²) in [5, 5.41) is 18.6. The van der Waals surface area contributed by atoms with Gasteiger partial charge in [0.15, 0.2) is 0 Å². The first-order valence-corrected chi connectivity index (χ1v) is 5.97. The number of likely N-dealkylation sites (tertiary alicyclic amines) is 1. The van der Waals surface area contributed by atoms with Gasteiger partial charge in [-0.1, -0.05) is 6.08 Å². The summed E-state index contributed by atoms with van der Waals surface area (Å²) < 4.78 is 0. The monoisotopic (exact) mass is 256 g/mol. The fraction of sp³-hybridized carbons (Fsp3) is 0.667. The van der Waals surface area contributed by atoms with Crippen LogP contribution in [0.4, 0.5) is 4.79 Å². The SMILES string of the molecule is C=CCN(C(=O)N1CC(O)CC1C(=O)O)C(C)C. The summed E-state index contributed by atoms with van der Waals surface area (Å²) in [6.45, 7) is 7.71. The fourth-order valence-electron chi connectivity index (χ4n) is 2.07. The van der Waals surface area contributed by atoms with Crippen LogP contribution >= 0.6 is 0 Å². The number of carbonyl (C=O) groups is 2. The summed E-state index contributed by atoms with van der Waals surface area (Å²) >= 11 is 0. The molecule has 1 aliphatic heterocycles. The van der Waals surface area contributed by atoms with Crippen LogP contribution in [0.15, 0.2) is 12.7 Å². The lowest BCUT2D eigenvalue weighted by Crippen LogP contribution is -2.50. The van der Waals surface area contributed by atoms with E-state index in [0.29, 0.717) is 6.54 Å². The molecule has 6 nitrogen and oxygen atoms in total. The van der Waals surface area contributed by atoms with Gasteiger partial charge in [-0.2, -0.15) is 0 Å². The highest BCUT2D eigenvalue weighted by Gasteiger charge is 2.40. The van der Waals surface area contributed by atoms with E-state index in [2.05, 4.69) is 6.58 Å². The Labute approximate surface area is 106 Å². The first kappa shape index (κ1) is 14.5. The summed E-state index contributed by atoms with van der Waals surface area (Å²) in [6.07, 6.45) is 0.911. The molecule has 0 aromatic heterocycles. The summed E-state index contributed by atoms with van der Waals surface area (Å²) in [7, 11) is 0. The Morgan fingerprint density at radius 2 is 2.17 bits per heavy atom. The first-order chi connectivity index (χ1) is 8.38. The molecule has 102 valence electrons. The molecule has 2 atom stereocenters. The lowest BCUT2D eigenvalue weighted by Gasteiger charge is -2.32. The van der Waals surface area contributed by atoms with E-state index < -0.39 is 18.1 Å². The predicted octanol–water partition coefficient (Wildman–Crippen LogP) is 0.523. The Balaban J connectivity index is 2.86. The molecule has 1 rings (SSSR count). The first-order valence-electron chi connectivity index (χ1n) is 5.97. The maximum absolute atomic E-state index is 12.3. The summed E-state index contributed by atoms with van der Waals surface area (Å²) in [6, 6.07) is -1.37. The van der Waals surface area contributed by atoms with Gasteiger partial charge in [0.25, 0.3) is 0 Å². The molecular weight excluding hydrogens is 236 g/mol. The topological polar surface area (TPSA) is 81.1 Å². The molecule has 2 unspecified atom stereocenters. The van der Waals surface area contributed by atoms with Gasteiger partial charge in [-0.25, -0.2) is 9.59 Å². The van der Waals surface area contributed by atoms with Crippen LogP contribution in [0.3, 0.4) is 0 Å². The third-order valence-electron chi connectivity index (χ3n) is 3.00. The highest BCUT2D eigenvalue weighted by atomic mass is 16.4. The quantitative estimate of drug-likeness (QED) is 0.719. The number of hydrogen-bond donors (Lipinski definition) is 2. The molecule has 1 saturated heterocycles. The average Bonchev–Trinajstić information content (AvgIpc) is 2.67. The van der Waals surface area contributed by atoms with E-state index >= 15 is 0 Å². The summed E-state index contributed by atoms with van der Waals surface area (Å²) in [4.78, 5) is 26.1. The van der Waals surface area contributed by atoms with Gasteiger partial charge in [-0.05, 0) is 13.8 Å². The number of carbonyl (C=O) groups excluding carboxylic acids is 1. The molecule has 2 amide bonds. The van der Waals surface area contributed by atoms with Crippen molar-refractivity contribution in [1.29, 1.82) is 0 Å². The Morgan fingerprint density at radius 3 is 2.61 bits per heavy atom. The molecule has 0 aromatic rings. The van der Waals surface area contributed by atoms with E-state index in [1.165, 1.54) is 9.80 Å². The van der Waals surface area contributed by atoms with Crippen molar-refractivity contribution in [2.24, 2.45) is 0 Å². The number of nitrogens with zero attached hydrogens (tertiary/aromatic N) is 2. The van der Waals surface area contributed by atoms with Gasteiger partial charge in [0.2, 0.25) is 0 Å². The molecule has 0 saturated carbocycles. The number of carboxylic acid groups (broad SMARTS) is 1. The molecular formula is C12H20N2O4. The number of rotatable bonds is 4.